The highest BCUT2D eigenvalue weighted by Crippen LogP contribution is 2.47. The van der Waals surface area contributed by atoms with Crippen LogP contribution in [0.1, 0.15) is 40.7 Å². The zero-order chi connectivity index (χ0) is 29.0. The van der Waals surface area contributed by atoms with Gasteiger partial charge < -0.3 is 9.64 Å². The number of fused-ring (bicyclic) bond motifs is 2. The number of rotatable bonds is 6. The number of ether oxygens (including phenoxy) is 1. The molecule has 3 amide bonds. The number of alkyl halides is 3. The van der Waals surface area contributed by atoms with Crippen molar-refractivity contribution in [3.8, 4) is 10.4 Å². The first kappa shape index (κ1) is 27.8. The van der Waals surface area contributed by atoms with Gasteiger partial charge in [-0.1, -0.05) is 24.3 Å². The summed E-state index contributed by atoms with van der Waals surface area (Å²) in [5.41, 5.74) is 1.71. The zero-order valence-corrected chi connectivity index (χ0v) is 22.7. The maximum absolute atomic E-state index is 13.7. The fourth-order valence-corrected chi connectivity index (χ4v) is 6.14. The van der Waals surface area contributed by atoms with Crippen molar-refractivity contribution in [2.45, 2.75) is 58.0 Å². The van der Waals surface area contributed by atoms with Crippen molar-refractivity contribution in [3.05, 3.63) is 75.7 Å². The minimum atomic E-state index is -4.77. The molecule has 1 spiro atoms. The van der Waals surface area contributed by atoms with Crippen molar-refractivity contribution in [1.82, 2.24) is 14.8 Å². The number of aryl methyl sites for hydroxylation is 3. The summed E-state index contributed by atoms with van der Waals surface area (Å²) in [5, 5.41) is 0.915. The number of carbonyl (C=O) groups excluding carboxylic acids is 3. The van der Waals surface area contributed by atoms with Crippen LogP contribution in [-0.4, -0.2) is 51.5 Å². The Bertz CT molecular complexity index is 1500. The highest BCUT2D eigenvalue weighted by atomic mass is 32.1. The van der Waals surface area contributed by atoms with Gasteiger partial charge in [-0.2, -0.15) is 13.2 Å². The fourth-order valence-electron chi connectivity index (χ4n) is 5.22. The van der Waals surface area contributed by atoms with Crippen LogP contribution in [0.15, 0.2) is 42.5 Å². The quantitative estimate of drug-likeness (QED) is 0.354. The van der Waals surface area contributed by atoms with Crippen LogP contribution in [0.2, 0.25) is 0 Å². The van der Waals surface area contributed by atoms with Crippen molar-refractivity contribution in [2.75, 3.05) is 6.54 Å². The normalized spacial score (nSPS) is 19.2. The molecule has 0 saturated carbocycles. The number of nitrogens with zero attached hydrogens (tertiary/aromatic N) is 3. The summed E-state index contributed by atoms with van der Waals surface area (Å²) in [6.45, 7) is 3.21. The topological polar surface area (TPSA) is 79.8 Å². The van der Waals surface area contributed by atoms with Gasteiger partial charge in [0.15, 0.2) is 0 Å². The molecule has 2 atom stereocenters. The third-order valence-electron chi connectivity index (χ3n) is 7.35. The van der Waals surface area contributed by atoms with Crippen molar-refractivity contribution < 1.29 is 36.7 Å². The lowest BCUT2D eigenvalue weighted by Crippen LogP contribution is -2.51. The maximum Gasteiger partial charge on any atom is 0.418 e. The summed E-state index contributed by atoms with van der Waals surface area (Å²) in [4.78, 5) is 46.1. The number of imide groups is 1. The molecule has 1 unspecified atom stereocenters. The van der Waals surface area contributed by atoms with Gasteiger partial charge in [0, 0.05) is 18.5 Å². The summed E-state index contributed by atoms with van der Waals surface area (Å²) >= 11 is 1.54. The summed E-state index contributed by atoms with van der Waals surface area (Å²) < 4.78 is 59.8. The van der Waals surface area contributed by atoms with Gasteiger partial charge in [0.05, 0.1) is 15.6 Å². The van der Waals surface area contributed by atoms with E-state index in [2.05, 4.69) is 4.98 Å². The molecule has 1 aliphatic heterocycles. The molecular formula is C28H25F4N3O4S. The Hall–Kier alpha value is -3.80. The lowest BCUT2D eigenvalue weighted by molar-refractivity contribution is -0.187. The Labute approximate surface area is 231 Å². The van der Waals surface area contributed by atoms with Gasteiger partial charge >= 0.3 is 12.3 Å². The highest BCUT2D eigenvalue weighted by Gasteiger charge is 2.58. The molecule has 1 saturated heterocycles. The third kappa shape index (κ3) is 4.85. The number of benzene rings is 2. The maximum atomic E-state index is 13.7. The molecule has 1 aromatic heterocycles. The summed E-state index contributed by atoms with van der Waals surface area (Å²) in [6.07, 6.45) is -5.28. The SMILES string of the molecule is Cc1nc(C)c(-c2ccc3c(c2)CC[C@@]32OC(=O)N(CC(=O)N(Cc3ccc(F)cc3)C(C)C(F)(F)F)C2=O)s1. The van der Waals surface area contributed by atoms with Crippen LogP contribution < -0.4 is 0 Å². The van der Waals surface area contributed by atoms with E-state index >= 15 is 0 Å². The second-order valence-electron chi connectivity index (χ2n) is 9.97. The zero-order valence-electron chi connectivity index (χ0n) is 21.8. The standard InChI is InChI=1S/C28H25F4N3O4S/c1-15-24(40-17(3)33-15)20-6-9-22-19(12-20)10-11-27(22)25(37)35(26(38)39-27)14-23(36)34(16(2)28(30,31)32)13-18-4-7-21(29)8-5-18/h4-9,12,16H,10-11,13-14H2,1-3H3/t16?,27-/m1/s1. The van der Waals surface area contributed by atoms with Crippen LogP contribution >= 0.6 is 11.3 Å². The molecule has 5 rings (SSSR count). The molecule has 40 heavy (non-hydrogen) atoms. The Morgan fingerprint density at radius 1 is 1.18 bits per heavy atom. The predicted molar refractivity (Wildman–Crippen MR) is 138 cm³/mol. The van der Waals surface area contributed by atoms with Gasteiger partial charge in [-0.15, -0.1) is 11.3 Å². The van der Waals surface area contributed by atoms with Crippen molar-refractivity contribution in [2.24, 2.45) is 0 Å². The molecule has 2 aliphatic rings. The molecule has 1 aliphatic carbocycles. The van der Waals surface area contributed by atoms with E-state index in [0.717, 1.165) is 45.8 Å². The van der Waals surface area contributed by atoms with E-state index in [-0.39, 0.29) is 12.0 Å². The molecule has 1 fully saturated rings. The molecule has 0 N–H and O–H groups in total. The molecule has 7 nitrogen and oxygen atoms in total. The lowest BCUT2D eigenvalue weighted by atomic mass is 9.94. The van der Waals surface area contributed by atoms with Gasteiger partial charge in [0.1, 0.15) is 18.4 Å². The fraction of sp³-hybridized carbons (Fsp3) is 0.357. The molecule has 2 aromatic carbocycles. The van der Waals surface area contributed by atoms with E-state index in [9.17, 15) is 31.9 Å². The van der Waals surface area contributed by atoms with E-state index in [1.165, 1.54) is 12.1 Å². The number of halogens is 4. The Morgan fingerprint density at radius 2 is 1.88 bits per heavy atom. The second-order valence-corrected chi connectivity index (χ2v) is 11.2. The summed E-state index contributed by atoms with van der Waals surface area (Å²) in [5.74, 6) is -2.47. The van der Waals surface area contributed by atoms with Crippen LogP contribution in [0, 0.1) is 19.7 Å². The van der Waals surface area contributed by atoms with Gasteiger partial charge in [-0.3, -0.25) is 9.59 Å². The molecule has 0 radical (unpaired) electrons. The molecule has 3 aromatic rings. The third-order valence-corrected chi connectivity index (χ3v) is 8.47. The van der Waals surface area contributed by atoms with Crippen LogP contribution in [0.25, 0.3) is 10.4 Å². The monoisotopic (exact) mass is 575 g/mol. The molecule has 0 bridgehead atoms. The highest BCUT2D eigenvalue weighted by molar-refractivity contribution is 7.15. The summed E-state index contributed by atoms with van der Waals surface area (Å²) in [6, 6.07) is 7.91. The Kier molecular flexibility index (Phi) is 6.93. The average molecular weight is 576 g/mol. The number of hydrogen-bond donors (Lipinski definition) is 0. The summed E-state index contributed by atoms with van der Waals surface area (Å²) in [7, 11) is 0. The van der Waals surface area contributed by atoms with E-state index in [1.807, 2.05) is 26.0 Å². The largest absolute Gasteiger partial charge is 0.427 e. The van der Waals surface area contributed by atoms with Crippen molar-refractivity contribution in [3.63, 3.8) is 0 Å². The van der Waals surface area contributed by atoms with Gasteiger partial charge in [0.25, 0.3) is 5.91 Å². The van der Waals surface area contributed by atoms with Crippen molar-refractivity contribution in [1.29, 1.82) is 0 Å². The average Bonchev–Trinajstić information content (AvgIpc) is 3.51. The first-order valence-electron chi connectivity index (χ1n) is 12.5. The van der Waals surface area contributed by atoms with Gasteiger partial charge in [-0.05, 0) is 62.1 Å². The molecule has 12 heteroatoms. The number of carbonyl (C=O) groups is 3. The van der Waals surface area contributed by atoms with Gasteiger partial charge in [-0.25, -0.2) is 19.1 Å². The van der Waals surface area contributed by atoms with Crippen molar-refractivity contribution >= 4 is 29.2 Å². The Balaban J connectivity index is 1.39. The minimum Gasteiger partial charge on any atom is -0.427 e. The predicted octanol–water partition coefficient (Wildman–Crippen LogP) is 5.67. The Morgan fingerprint density at radius 3 is 2.50 bits per heavy atom. The van der Waals surface area contributed by atoms with Gasteiger partial charge in [0.2, 0.25) is 11.5 Å². The number of aromatic nitrogens is 1. The van der Waals surface area contributed by atoms with Crippen LogP contribution in [0.4, 0.5) is 22.4 Å². The number of hydrogen-bond acceptors (Lipinski definition) is 6. The number of amides is 3. The van der Waals surface area contributed by atoms with E-state index in [4.69, 9.17) is 4.74 Å². The second kappa shape index (κ2) is 9.99. The smallest absolute Gasteiger partial charge is 0.418 e. The molecular weight excluding hydrogens is 550 g/mol. The minimum absolute atomic E-state index is 0.153. The van der Waals surface area contributed by atoms with Crippen LogP contribution in [0.3, 0.4) is 0 Å². The molecule has 2 heterocycles. The first-order valence-corrected chi connectivity index (χ1v) is 13.3. The lowest BCUT2D eigenvalue weighted by Gasteiger charge is -2.31. The van der Waals surface area contributed by atoms with Crippen LogP contribution in [-0.2, 0) is 32.9 Å². The van der Waals surface area contributed by atoms with Crippen LogP contribution in [0.5, 0.6) is 0 Å². The van der Waals surface area contributed by atoms with E-state index < -0.39 is 54.6 Å². The molecule has 210 valence electrons. The number of thiazole rings is 1. The van der Waals surface area contributed by atoms with E-state index in [1.54, 1.807) is 17.4 Å². The first-order chi connectivity index (χ1) is 18.8. The van der Waals surface area contributed by atoms with E-state index in [0.29, 0.717) is 21.8 Å².